The topological polar surface area (TPSA) is 63.8 Å². The van der Waals surface area contributed by atoms with Crippen LogP contribution >= 0.6 is 0 Å². The van der Waals surface area contributed by atoms with Gasteiger partial charge in [0.1, 0.15) is 5.69 Å². The van der Waals surface area contributed by atoms with E-state index in [1.165, 1.54) is 0 Å². The lowest BCUT2D eigenvalue weighted by Crippen LogP contribution is -2.33. The summed E-state index contributed by atoms with van der Waals surface area (Å²) in [5.74, 6) is 0.242. The van der Waals surface area contributed by atoms with Crippen LogP contribution in [0.25, 0.3) is 0 Å². The zero-order chi connectivity index (χ0) is 11.1. The van der Waals surface area contributed by atoms with Crippen LogP contribution in [-0.2, 0) is 5.54 Å². The molecule has 0 amide bonds. The Kier molecular flexibility index (Phi) is 2.48. The molecule has 0 spiro atoms. The van der Waals surface area contributed by atoms with Crippen LogP contribution in [0.1, 0.15) is 46.2 Å². The number of rotatable bonds is 1. The second-order valence-electron chi connectivity index (χ2n) is 4.91. The minimum absolute atomic E-state index is 0.124. The van der Waals surface area contributed by atoms with E-state index in [2.05, 4.69) is 5.10 Å². The van der Waals surface area contributed by atoms with Crippen molar-refractivity contribution < 1.29 is 0 Å². The number of hydrogen-bond donors (Lipinski definition) is 2. The highest BCUT2D eigenvalue weighted by Gasteiger charge is 2.21. The first-order valence-electron chi connectivity index (χ1n) is 4.86. The van der Waals surface area contributed by atoms with Gasteiger partial charge in [-0.3, -0.25) is 9.89 Å². The zero-order valence-electron chi connectivity index (χ0n) is 9.51. The van der Waals surface area contributed by atoms with E-state index in [4.69, 9.17) is 5.73 Å². The third-order valence-corrected chi connectivity index (χ3v) is 2.20. The highest BCUT2D eigenvalue weighted by atomic mass is 16.1. The Morgan fingerprint density at radius 3 is 2.07 bits per heavy atom. The predicted molar refractivity (Wildman–Crippen MR) is 58.6 cm³/mol. The summed E-state index contributed by atoms with van der Waals surface area (Å²) in [6.45, 7) is 9.92. The maximum atomic E-state index is 11.7. The maximum absolute atomic E-state index is 11.7. The van der Waals surface area contributed by atoms with Gasteiger partial charge in [0.15, 0.2) is 0 Å². The molecule has 1 aromatic rings. The smallest absolute Gasteiger partial charge is 0.290 e. The molecule has 0 aliphatic carbocycles. The Bertz CT molecular complexity index is 379. The molecular formula is C10H19N3O. The number of aromatic nitrogens is 2. The number of nitrogens with zero attached hydrogens (tertiary/aromatic N) is 1. The lowest BCUT2D eigenvalue weighted by Gasteiger charge is -2.19. The fourth-order valence-corrected chi connectivity index (χ4v) is 1.38. The molecule has 0 radical (unpaired) electrons. The number of aromatic amines is 1. The summed E-state index contributed by atoms with van der Waals surface area (Å²) in [4.78, 5) is 11.7. The van der Waals surface area contributed by atoms with Crippen molar-refractivity contribution in [2.75, 3.05) is 5.73 Å². The van der Waals surface area contributed by atoms with Gasteiger partial charge in [0, 0.05) is 0 Å². The predicted octanol–water partition coefficient (Wildman–Crippen LogP) is 1.64. The Morgan fingerprint density at radius 2 is 1.86 bits per heavy atom. The summed E-state index contributed by atoms with van der Waals surface area (Å²) in [5, 5.41) is 3.07. The number of nitrogens with two attached hydrogens (primary N) is 1. The van der Waals surface area contributed by atoms with E-state index < -0.39 is 0 Å². The Labute approximate surface area is 84.1 Å². The van der Waals surface area contributed by atoms with Gasteiger partial charge in [-0.25, -0.2) is 4.68 Å². The van der Waals surface area contributed by atoms with Gasteiger partial charge in [0.05, 0.1) is 11.2 Å². The van der Waals surface area contributed by atoms with Gasteiger partial charge in [-0.15, -0.1) is 0 Å². The van der Waals surface area contributed by atoms with Crippen LogP contribution in [-0.4, -0.2) is 9.78 Å². The quantitative estimate of drug-likeness (QED) is 0.718. The van der Waals surface area contributed by atoms with Crippen molar-refractivity contribution >= 4 is 5.69 Å². The maximum Gasteiger partial charge on any atom is 0.290 e. The van der Waals surface area contributed by atoms with Gasteiger partial charge in [-0.05, 0) is 26.7 Å². The molecule has 0 saturated heterocycles. The average molecular weight is 197 g/mol. The molecule has 14 heavy (non-hydrogen) atoms. The molecule has 0 bridgehead atoms. The highest BCUT2D eigenvalue weighted by Crippen LogP contribution is 2.19. The van der Waals surface area contributed by atoms with Crippen molar-refractivity contribution in [1.29, 1.82) is 0 Å². The lowest BCUT2D eigenvalue weighted by molar-refractivity contribution is 0.343. The van der Waals surface area contributed by atoms with E-state index >= 15 is 0 Å². The molecule has 4 heteroatoms. The molecule has 0 atom stereocenters. The summed E-state index contributed by atoms with van der Waals surface area (Å²) in [6.07, 6.45) is 0. The third kappa shape index (κ3) is 1.69. The summed E-state index contributed by atoms with van der Waals surface area (Å²) in [7, 11) is 0. The Balaban J connectivity index is 3.37. The number of anilines is 1. The SMILES string of the molecule is CC(C)c1[nH]n(C(C)(C)C)c(=O)c1N. The van der Waals surface area contributed by atoms with Crippen molar-refractivity contribution in [3.63, 3.8) is 0 Å². The molecule has 1 aromatic heterocycles. The van der Waals surface area contributed by atoms with Crippen LogP contribution in [0.5, 0.6) is 0 Å². The molecule has 0 fully saturated rings. The number of hydrogen-bond acceptors (Lipinski definition) is 2. The molecule has 3 N–H and O–H groups in total. The fraction of sp³-hybridized carbons (Fsp3) is 0.700. The zero-order valence-corrected chi connectivity index (χ0v) is 9.51. The Hall–Kier alpha value is -1.19. The van der Waals surface area contributed by atoms with Crippen molar-refractivity contribution in [2.45, 2.75) is 46.1 Å². The van der Waals surface area contributed by atoms with E-state index in [0.29, 0.717) is 5.69 Å². The molecule has 4 nitrogen and oxygen atoms in total. The van der Waals surface area contributed by atoms with Gasteiger partial charge in [-0.2, -0.15) is 0 Å². The van der Waals surface area contributed by atoms with Crippen molar-refractivity contribution in [1.82, 2.24) is 9.78 Å². The van der Waals surface area contributed by atoms with Crippen molar-refractivity contribution in [3.05, 3.63) is 16.0 Å². The summed E-state index contributed by atoms with van der Waals surface area (Å²) < 4.78 is 1.58. The largest absolute Gasteiger partial charge is 0.393 e. The van der Waals surface area contributed by atoms with Gasteiger partial charge in [0.25, 0.3) is 5.56 Å². The van der Waals surface area contributed by atoms with Gasteiger partial charge in [0.2, 0.25) is 0 Å². The van der Waals surface area contributed by atoms with Gasteiger partial charge >= 0.3 is 0 Å². The van der Waals surface area contributed by atoms with Crippen LogP contribution in [0.3, 0.4) is 0 Å². The normalized spacial score (nSPS) is 12.4. The van der Waals surface area contributed by atoms with Crippen LogP contribution in [0.15, 0.2) is 4.79 Å². The molecular weight excluding hydrogens is 178 g/mol. The highest BCUT2D eigenvalue weighted by molar-refractivity contribution is 5.42. The van der Waals surface area contributed by atoms with E-state index in [0.717, 1.165) is 5.69 Å². The monoisotopic (exact) mass is 197 g/mol. The van der Waals surface area contributed by atoms with Crippen molar-refractivity contribution in [3.8, 4) is 0 Å². The first-order chi connectivity index (χ1) is 6.25. The minimum Gasteiger partial charge on any atom is -0.393 e. The fourth-order valence-electron chi connectivity index (χ4n) is 1.38. The molecule has 0 unspecified atom stereocenters. The first kappa shape index (κ1) is 10.9. The van der Waals surface area contributed by atoms with Crippen LogP contribution in [0, 0.1) is 0 Å². The molecule has 1 rings (SSSR count). The lowest BCUT2D eigenvalue weighted by atomic mass is 10.1. The van der Waals surface area contributed by atoms with Gasteiger partial charge < -0.3 is 5.73 Å². The van der Waals surface area contributed by atoms with E-state index in [-0.39, 0.29) is 17.0 Å². The average Bonchev–Trinajstić information content (AvgIpc) is 2.28. The second-order valence-corrected chi connectivity index (χ2v) is 4.91. The third-order valence-electron chi connectivity index (χ3n) is 2.20. The van der Waals surface area contributed by atoms with Crippen LogP contribution < -0.4 is 11.3 Å². The summed E-state index contributed by atoms with van der Waals surface area (Å²) in [6, 6.07) is 0. The van der Waals surface area contributed by atoms with Crippen molar-refractivity contribution in [2.24, 2.45) is 0 Å². The van der Waals surface area contributed by atoms with E-state index in [1.807, 2.05) is 34.6 Å². The standard InChI is InChI=1S/C10H19N3O/c1-6(2)8-7(11)9(14)13(12-8)10(3,4)5/h6,12H,11H2,1-5H3. The molecule has 0 aliphatic rings. The number of H-pyrrole nitrogens is 1. The summed E-state index contributed by atoms with van der Waals surface area (Å²) in [5.41, 5.74) is 6.53. The van der Waals surface area contributed by atoms with E-state index in [1.54, 1.807) is 4.68 Å². The second kappa shape index (κ2) is 3.19. The first-order valence-corrected chi connectivity index (χ1v) is 4.86. The number of nitrogen functional groups attached to an aromatic ring is 1. The number of nitrogens with one attached hydrogen (secondary N) is 1. The summed E-state index contributed by atoms with van der Waals surface area (Å²) >= 11 is 0. The van der Waals surface area contributed by atoms with E-state index in [9.17, 15) is 4.79 Å². The Morgan fingerprint density at radius 1 is 1.36 bits per heavy atom. The molecule has 0 aliphatic heterocycles. The van der Waals surface area contributed by atoms with Crippen LogP contribution in [0.2, 0.25) is 0 Å². The molecule has 1 heterocycles. The minimum atomic E-state index is -0.252. The molecule has 0 saturated carbocycles. The van der Waals surface area contributed by atoms with Gasteiger partial charge in [-0.1, -0.05) is 13.8 Å². The molecule has 80 valence electrons. The van der Waals surface area contributed by atoms with Crippen LogP contribution in [0.4, 0.5) is 5.69 Å². The molecule has 0 aromatic carbocycles.